The fourth-order valence-corrected chi connectivity index (χ4v) is 5.48. The minimum atomic E-state index is 0.0898. The number of thiazole rings is 1. The van der Waals surface area contributed by atoms with Crippen LogP contribution in [0.2, 0.25) is 0 Å². The SMILES string of the molecule is Cc1nc(CSCC(=O)NCc2ccccc2CN2C[C@@H](C)C[C@H](C)C2)cs1. The van der Waals surface area contributed by atoms with Gasteiger partial charge in [-0.25, -0.2) is 4.98 Å². The van der Waals surface area contributed by atoms with Crippen LogP contribution in [0.4, 0.5) is 0 Å². The number of piperidine rings is 1. The van der Waals surface area contributed by atoms with E-state index in [4.69, 9.17) is 0 Å². The van der Waals surface area contributed by atoms with Gasteiger partial charge in [-0.3, -0.25) is 9.69 Å². The second kappa shape index (κ2) is 10.4. The van der Waals surface area contributed by atoms with Crippen LogP contribution in [-0.2, 0) is 23.6 Å². The number of benzene rings is 1. The molecule has 2 aromatic rings. The maximum Gasteiger partial charge on any atom is 0.230 e. The number of likely N-dealkylation sites (tertiary alicyclic amines) is 1. The second-order valence-corrected chi connectivity index (χ2v) is 10.1. The summed E-state index contributed by atoms with van der Waals surface area (Å²) < 4.78 is 0. The number of hydrogen-bond acceptors (Lipinski definition) is 5. The summed E-state index contributed by atoms with van der Waals surface area (Å²) in [5.74, 6) is 2.87. The summed E-state index contributed by atoms with van der Waals surface area (Å²) in [4.78, 5) is 19.2. The lowest BCUT2D eigenvalue weighted by atomic mass is 9.91. The fraction of sp³-hybridized carbons (Fsp3) is 0.545. The average Bonchev–Trinajstić information content (AvgIpc) is 3.05. The van der Waals surface area contributed by atoms with Gasteiger partial charge in [0.15, 0.2) is 0 Å². The third-order valence-electron chi connectivity index (χ3n) is 5.08. The summed E-state index contributed by atoms with van der Waals surface area (Å²) in [6, 6.07) is 8.50. The standard InChI is InChI=1S/C22H31N3OS2/c1-16-8-17(2)11-25(10-16)12-20-7-5-4-6-19(20)9-23-22(26)15-27-13-21-14-28-18(3)24-21/h4-7,14,16-17H,8-13,15H2,1-3H3,(H,23,26)/t16-,17-/m0/s1. The van der Waals surface area contributed by atoms with E-state index in [-0.39, 0.29) is 5.91 Å². The number of thioether (sulfide) groups is 1. The van der Waals surface area contributed by atoms with E-state index < -0.39 is 0 Å². The molecule has 1 aromatic carbocycles. The van der Waals surface area contributed by atoms with Crippen molar-refractivity contribution >= 4 is 29.0 Å². The Morgan fingerprint density at radius 3 is 2.64 bits per heavy atom. The number of carbonyl (C=O) groups excluding carboxylic acids is 1. The summed E-state index contributed by atoms with van der Waals surface area (Å²) in [7, 11) is 0. The molecule has 152 valence electrons. The van der Waals surface area contributed by atoms with Crippen molar-refractivity contribution in [1.29, 1.82) is 0 Å². The van der Waals surface area contributed by atoms with Crippen LogP contribution in [0, 0.1) is 18.8 Å². The summed E-state index contributed by atoms with van der Waals surface area (Å²) in [6.07, 6.45) is 1.33. The Hall–Kier alpha value is -1.37. The van der Waals surface area contributed by atoms with Crippen LogP contribution in [0.15, 0.2) is 29.6 Å². The smallest absolute Gasteiger partial charge is 0.230 e. The number of hydrogen-bond donors (Lipinski definition) is 1. The Bertz CT molecular complexity index is 767. The summed E-state index contributed by atoms with van der Waals surface area (Å²) in [6.45, 7) is 10.6. The van der Waals surface area contributed by atoms with Crippen molar-refractivity contribution in [2.45, 2.75) is 46.0 Å². The average molecular weight is 418 g/mol. The number of amides is 1. The number of nitrogens with zero attached hydrogens (tertiary/aromatic N) is 2. The summed E-state index contributed by atoms with van der Waals surface area (Å²) in [5.41, 5.74) is 3.62. The predicted molar refractivity (Wildman–Crippen MR) is 120 cm³/mol. The van der Waals surface area contributed by atoms with Crippen molar-refractivity contribution in [2.24, 2.45) is 11.8 Å². The molecule has 0 radical (unpaired) electrons. The molecule has 1 aliphatic rings. The molecule has 1 aliphatic heterocycles. The van der Waals surface area contributed by atoms with Crippen LogP contribution < -0.4 is 5.32 Å². The van der Waals surface area contributed by atoms with Crippen LogP contribution in [-0.4, -0.2) is 34.6 Å². The molecular weight excluding hydrogens is 386 g/mol. The molecule has 0 unspecified atom stereocenters. The van der Waals surface area contributed by atoms with E-state index in [1.807, 2.05) is 6.92 Å². The number of nitrogens with one attached hydrogen (secondary N) is 1. The molecule has 1 saturated heterocycles. The topological polar surface area (TPSA) is 45.2 Å². The van der Waals surface area contributed by atoms with Gasteiger partial charge in [0.05, 0.1) is 16.5 Å². The molecule has 1 N–H and O–H groups in total. The molecule has 0 spiro atoms. The van der Waals surface area contributed by atoms with Crippen LogP contribution in [0.5, 0.6) is 0 Å². The Kier molecular flexibility index (Phi) is 7.94. The van der Waals surface area contributed by atoms with E-state index >= 15 is 0 Å². The molecule has 1 amide bonds. The van der Waals surface area contributed by atoms with E-state index in [0.29, 0.717) is 12.3 Å². The normalized spacial score (nSPS) is 20.2. The fourth-order valence-electron chi connectivity index (χ4n) is 4.01. The molecule has 28 heavy (non-hydrogen) atoms. The number of carbonyl (C=O) groups is 1. The third kappa shape index (κ3) is 6.61. The van der Waals surface area contributed by atoms with Gasteiger partial charge in [0.1, 0.15) is 0 Å². The Morgan fingerprint density at radius 2 is 1.96 bits per heavy atom. The molecular formula is C22H31N3OS2. The second-order valence-electron chi connectivity index (χ2n) is 8.04. The predicted octanol–water partition coefficient (Wildman–Crippen LogP) is 4.48. The van der Waals surface area contributed by atoms with Crippen LogP contribution in [0.25, 0.3) is 0 Å². The van der Waals surface area contributed by atoms with Gasteiger partial charge in [0, 0.05) is 37.3 Å². The first kappa shape index (κ1) is 21.3. The first-order valence-corrected chi connectivity index (χ1v) is 12.1. The molecule has 3 rings (SSSR count). The van der Waals surface area contributed by atoms with E-state index in [9.17, 15) is 4.79 Å². The summed E-state index contributed by atoms with van der Waals surface area (Å²) in [5, 5.41) is 6.24. The van der Waals surface area contributed by atoms with Crippen molar-refractivity contribution < 1.29 is 4.79 Å². The molecule has 1 fully saturated rings. The van der Waals surface area contributed by atoms with Crippen molar-refractivity contribution in [2.75, 3.05) is 18.8 Å². The minimum absolute atomic E-state index is 0.0898. The van der Waals surface area contributed by atoms with Gasteiger partial charge in [-0.15, -0.1) is 23.1 Å². The van der Waals surface area contributed by atoms with Gasteiger partial charge in [-0.2, -0.15) is 0 Å². The highest BCUT2D eigenvalue weighted by atomic mass is 32.2. The molecule has 0 bridgehead atoms. The highest BCUT2D eigenvalue weighted by Crippen LogP contribution is 2.23. The Morgan fingerprint density at radius 1 is 1.25 bits per heavy atom. The van der Waals surface area contributed by atoms with Gasteiger partial charge >= 0.3 is 0 Å². The maximum absolute atomic E-state index is 12.2. The van der Waals surface area contributed by atoms with Crippen LogP contribution in [0.3, 0.4) is 0 Å². The molecule has 4 nitrogen and oxygen atoms in total. The lowest BCUT2D eigenvalue weighted by Gasteiger charge is -2.35. The quantitative estimate of drug-likeness (QED) is 0.688. The zero-order valence-corrected chi connectivity index (χ0v) is 18.7. The lowest BCUT2D eigenvalue weighted by Crippen LogP contribution is -2.38. The first-order chi connectivity index (χ1) is 13.5. The molecule has 2 heterocycles. The third-order valence-corrected chi connectivity index (χ3v) is 6.87. The highest BCUT2D eigenvalue weighted by Gasteiger charge is 2.22. The molecule has 0 aliphatic carbocycles. The maximum atomic E-state index is 12.2. The van der Waals surface area contributed by atoms with Crippen LogP contribution in [0.1, 0.15) is 42.1 Å². The lowest BCUT2D eigenvalue weighted by molar-refractivity contribution is -0.118. The van der Waals surface area contributed by atoms with Gasteiger partial charge in [-0.1, -0.05) is 38.1 Å². The number of aromatic nitrogens is 1. The first-order valence-electron chi connectivity index (χ1n) is 10.0. The van der Waals surface area contributed by atoms with Crippen molar-refractivity contribution in [3.05, 3.63) is 51.5 Å². The van der Waals surface area contributed by atoms with Gasteiger partial charge in [-0.05, 0) is 36.3 Å². The van der Waals surface area contributed by atoms with E-state index in [1.165, 1.54) is 17.5 Å². The molecule has 0 saturated carbocycles. The van der Waals surface area contributed by atoms with Crippen LogP contribution >= 0.6 is 23.1 Å². The largest absolute Gasteiger partial charge is 0.351 e. The molecule has 1 aromatic heterocycles. The van der Waals surface area contributed by atoms with Crippen molar-refractivity contribution in [1.82, 2.24) is 15.2 Å². The highest BCUT2D eigenvalue weighted by molar-refractivity contribution is 7.99. The monoisotopic (exact) mass is 417 g/mol. The van der Waals surface area contributed by atoms with Gasteiger partial charge in [0.25, 0.3) is 0 Å². The van der Waals surface area contributed by atoms with Crippen molar-refractivity contribution in [3.8, 4) is 0 Å². The number of aryl methyl sites for hydroxylation is 1. The van der Waals surface area contributed by atoms with Gasteiger partial charge < -0.3 is 5.32 Å². The summed E-state index contributed by atoms with van der Waals surface area (Å²) >= 11 is 3.28. The number of rotatable bonds is 8. The Balaban J connectivity index is 1.47. The van der Waals surface area contributed by atoms with Crippen molar-refractivity contribution in [3.63, 3.8) is 0 Å². The van der Waals surface area contributed by atoms with E-state index in [2.05, 4.69) is 58.7 Å². The zero-order valence-electron chi connectivity index (χ0n) is 17.1. The molecule has 2 atom stereocenters. The Labute approximate surface area is 177 Å². The van der Waals surface area contributed by atoms with E-state index in [1.54, 1.807) is 23.1 Å². The zero-order chi connectivity index (χ0) is 19.9. The minimum Gasteiger partial charge on any atom is -0.351 e. The molecule has 6 heteroatoms. The van der Waals surface area contributed by atoms with Gasteiger partial charge in [0.2, 0.25) is 5.91 Å². The van der Waals surface area contributed by atoms with E-state index in [0.717, 1.165) is 47.9 Å².